The summed E-state index contributed by atoms with van der Waals surface area (Å²) in [6, 6.07) is 22.9. The highest BCUT2D eigenvalue weighted by molar-refractivity contribution is 6.09. The van der Waals surface area contributed by atoms with Crippen LogP contribution in [0.4, 0.5) is 0 Å². The average Bonchev–Trinajstić information content (AvgIpc) is 2.79. The average molecular weight is 397 g/mol. The summed E-state index contributed by atoms with van der Waals surface area (Å²) in [5, 5.41) is 11.5. The van der Waals surface area contributed by atoms with Gasteiger partial charge in [-0.05, 0) is 29.8 Å². The van der Waals surface area contributed by atoms with Gasteiger partial charge in [0, 0.05) is 23.1 Å². The largest absolute Gasteiger partial charge is 0.368 e. The molecule has 0 aromatic heterocycles. The smallest absolute Gasteiger partial charge is 0.251 e. The Morgan fingerprint density at radius 3 is 1.97 bits per heavy atom. The first-order chi connectivity index (χ1) is 14.5. The van der Waals surface area contributed by atoms with E-state index in [0.717, 1.165) is 5.56 Å². The fraction of sp³-hybridized carbons (Fsp3) is 0.0833. The monoisotopic (exact) mass is 397 g/mol. The number of carbonyl (C=O) groups excluding carboxylic acids is 3. The second-order valence-corrected chi connectivity index (χ2v) is 6.71. The van der Waals surface area contributed by atoms with Crippen LogP contribution in [0.3, 0.4) is 0 Å². The molecule has 3 aromatic rings. The molecular weight excluding hydrogens is 378 g/mol. The van der Waals surface area contributed by atoms with Gasteiger partial charge in [0.1, 0.15) is 6.04 Å². The maximum atomic E-state index is 12.5. The van der Waals surface area contributed by atoms with E-state index in [1.165, 1.54) is 24.3 Å². The van der Waals surface area contributed by atoms with Crippen LogP contribution < -0.4 is 11.1 Å². The fourth-order valence-electron chi connectivity index (χ4n) is 2.94. The van der Waals surface area contributed by atoms with Crippen molar-refractivity contribution in [2.45, 2.75) is 12.5 Å². The van der Waals surface area contributed by atoms with Crippen molar-refractivity contribution in [3.05, 3.63) is 107 Å². The van der Waals surface area contributed by atoms with E-state index in [1.54, 1.807) is 48.5 Å². The normalized spacial score (nSPS) is 11.2. The quantitative estimate of drug-likeness (QED) is 0.597. The number of nitrogens with zero attached hydrogens (tertiary/aromatic N) is 1. The van der Waals surface area contributed by atoms with E-state index in [1.807, 2.05) is 12.1 Å². The molecule has 6 nitrogen and oxygen atoms in total. The lowest BCUT2D eigenvalue weighted by molar-refractivity contribution is -0.119. The SMILES string of the molecule is N#Cc1ccc(C(=O)N[C@@H](Cc2ccc(C(=O)c3ccccc3)cc2)C(N)=O)cc1. The van der Waals surface area contributed by atoms with Crippen molar-refractivity contribution in [1.82, 2.24) is 5.32 Å². The zero-order valence-corrected chi connectivity index (χ0v) is 16.0. The van der Waals surface area contributed by atoms with Crippen LogP contribution in [0.1, 0.15) is 37.4 Å². The molecule has 0 fully saturated rings. The van der Waals surface area contributed by atoms with Crippen molar-refractivity contribution < 1.29 is 14.4 Å². The first kappa shape index (κ1) is 20.5. The van der Waals surface area contributed by atoms with E-state index >= 15 is 0 Å². The van der Waals surface area contributed by atoms with Crippen LogP contribution in [0.15, 0.2) is 78.9 Å². The first-order valence-corrected chi connectivity index (χ1v) is 9.27. The van der Waals surface area contributed by atoms with Crippen LogP contribution in [-0.4, -0.2) is 23.6 Å². The van der Waals surface area contributed by atoms with Gasteiger partial charge in [-0.3, -0.25) is 14.4 Å². The Hall–Kier alpha value is -4.24. The van der Waals surface area contributed by atoms with Gasteiger partial charge < -0.3 is 11.1 Å². The Labute approximate surface area is 174 Å². The minimum absolute atomic E-state index is 0.0947. The molecule has 3 N–H and O–H groups in total. The molecule has 0 spiro atoms. The number of amides is 2. The van der Waals surface area contributed by atoms with Gasteiger partial charge in [0.25, 0.3) is 5.91 Å². The number of rotatable bonds is 7. The summed E-state index contributed by atoms with van der Waals surface area (Å²) in [5.74, 6) is -1.22. The first-order valence-electron chi connectivity index (χ1n) is 9.27. The van der Waals surface area contributed by atoms with E-state index in [-0.39, 0.29) is 12.2 Å². The predicted octanol–water partition coefficient (Wildman–Crippen LogP) is 2.62. The maximum Gasteiger partial charge on any atom is 0.251 e. The number of carbonyl (C=O) groups is 3. The second-order valence-electron chi connectivity index (χ2n) is 6.71. The van der Waals surface area contributed by atoms with Crippen molar-refractivity contribution in [3.8, 4) is 6.07 Å². The van der Waals surface area contributed by atoms with Crippen LogP contribution in [0.2, 0.25) is 0 Å². The number of nitrogens with one attached hydrogen (secondary N) is 1. The Bertz CT molecular complexity index is 1100. The van der Waals surface area contributed by atoms with Gasteiger partial charge >= 0.3 is 0 Å². The number of nitrogens with two attached hydrogens (primary N) is 1. The van der Waals surface area contributed by atoms with Gasteiger partial charge in [0.05, 0.1) is 11.6 Å². The predicted molar refractivity (Wildman–Crippen MR) is 112 cm³/mol. The highest BCUT2D eigenvalue weighted by Gasteiger charge is 2.20. The summed E-state index contributed by atoms with van der Waals surface area (Å²) >= 11 is 0. The standard InChI is InChI=1S/C24H19N3O3/c25-15-17-8-12-20(13-9-17)24(30)27-21(23(26)29)14-16-6-10-19(11-7-16)22(28)18-4-2-1-3-5-18/h1-13,21H,14H2,(H2,26,29)(H,27,30)/t21-/m0/s1. The molecule has 0 unspecified atom stereocenters. The van der Waals surface area contributed by atoms with Gasteiger partial charge in [-0.2, -0.15) is 5.26 Å². The van der Waals surface area contributed by atoms with Crippen molar-refractivity contribution in [1.29, 1.82) is 5.26 Å². The molecule has 0 radical (unpaired) electrons. The zero-order chi connectivity index (χ0) is 21.5. The Balaban J connectivity index is 1.69. The molecule has 0 aliphatic heterocycles. The third kappa shape index (κ3) is 4.97. The summed E-state index contributed by atoms with van der Waals surface area (Å²) in [6.45, 7) is 0. The highest BCUT2D eigenvalue weighted by atomic mass is 16.2. The van der Waals surface area contributed by atoms with E-state index in [9.17, 15) is 14.4 Å². The van der Waals surface area contributed by atoms with Crippen LogP contribution >= 0.6 is 0 Å². The molecule has 0 saturated heterocycles. The molecule has 0 saturated carbocycles. The van der Waals surface area contributed by atoms with Crippen LogP contribution in [0.5, 0.6) is 0 Å². The Morgan fingerprint density at radius 1 is 0.833 bits per heavy atom. The Kier molecular flexibility index (Phi) is 6.36. The van der Waals surface area contributed by atoms with Crippen molar-refractivity contribution in [2.75, 3.05) is 0 Å². The van der Waals surface area contributed by atoms with Gasteiger partial charge in [-0.15, -0.1) is 0 Å². The Morgan fingerprint density at radius 2 is 1.40 bits per heavy atom. The lowest BCUT2D eigenvalue weighted by atomic mass is 9.99. The van der Waals surface area contributed by atoms with Gasteiger partial charge in [0.15, 0.2) is 5.78 Å². The fourth-order valence-corrected chi connectivity index (χ4v) is 2.94. The number of hydrogen-bond acceptors (Lipinski definition) is 4. The summed E-state index contributed by atoms with van der Waals surface area (Å²) in [4.78, 5) is 36.7. The molecule has 30 heavy (non-hydrogen) atoms. The van der Waals surface area contributed by atoms with Gasteiger partial charge in [0.2, 0.25) is 5.91 Å². The third-order valence-electron chi connectivity index (χ3n) is 4.62. The maximum absolute atomic E-state index is 12.5. The number of primary amides is 1. The van der Waals surface area contributed by atoms with Crippen molar-refractivity contribution in [2.24, 2.45) is 5.73 Å². The lowest BCUT2D eigenvalue weighted by Crippen LogP contribution is -2.45. The van der Waals surface area contributed by atoms with Gasteiger partial charge in [-0.1, -0.05) is 54.6 Å². The molecule has 0 aliphatic rings. The minimum Gasteiger partial charge on any atom is -0.368 e. The summed E-state index contributed by atoms with van der Waals surface area (Å²) in [7, 11) is 0. The highest BCUT2D eigenvalue weighted by Crippen LogP contribution is 2.13. The summed E-state index contributed by atoms with van der Waals surface area (Å²) in [6.07, 6.45) is 0.192. The van der Waals surface area contributed by atoms with E-state index in [0.29, 0.717) is 22.3 Å². The molecule has 0 bridgehead atoms. The zero-order valence-electron chi connectivity index (χ0n) is 16.0. The molecule has 0 heterocycles. The minimum atomic E-state index is -0.913. The van der Waals surface area contributed by atoms with Crippen molar-refractivity contribution in [3.63, 3.8) is 0 Å². The third-order valence-corrected chi connectivity index (χ3v) is 4.62. The van der Waals surface area contributed by atoms with E-state index in [4.69, 9.17) is 11.0 Å². The molecule has 6 heteroatoms. The summed E-state index contributed by atoms with van der Waals surface area (Å²) in [5.41, 5.74) is 8.09. The molecule has 3 aromatic carbocycles. The second kappa shape index (κ2) is 9.30. The molecular formula is C24H19N3O3. The number of benzene rings is 3. The molecule has 2 amide bonds. The molecule has 1 atom stereocenters. The van der Waals surface area contributed by atoms with Gasteiger partial charge in [-0.25, -0.2) is 0 Å². The van der Waals surface area contributed by atoms with E-state index < -0.39 is 17.9 Å². The molecule has 0 aliphatic carbocycles. The number of nitriles is 1. The lowest BCUT2D eigenvalue weighted by Gasteiger charge is -2.16. The molecule has 3 rings (SSSR count). The topological polar surface area (TPSA) is 113 Å². The van der Waals surface area contributed by atoms with Crippen LogP contribution in [0, 0.1) is 11.3 Å². The summed E-state index contributed by atoms with van der Waals surface area (Å²) < 4.78 is 0. The van der Waals surface area contributed by atoms with Crippen LogP contribution in [0.25, 0.3) is 0 Å². The molecule has 148 valence electrons. The van der Waals surface area contributed by atoms with Crippen LogP contribution in [-0.2, 0) is 11.2 Å². The number of ketones is 1. The number of hydrogen-bond donors (Lipinski definition) is 2. The van der Waals surface area contributed by atoms with E-state index in [2.05, 4.69) is 5.32 Å². The van der Waals surface area contributed by atoms with Crippen molar-refractivity contribution >= 4 is 17.6 Å².